The Balaban J connectivity index is 0. The van der Waals surface area contributed by atoms with E-state index in [1.54, 1.807) is 0 Å². The Labute approximate surface area is 59.2 Å². The van der Waals surface area contributed by atoms with Gasteiger partial charge in [-0.3, -0.25) is 0 Å². The smallest absolute Gasteiger partial charge is 0.105 e. The van der Waals surface area contributed by atoms with Crippen molar-refractivity contribution in [1.82, 2.24) is 0 Å². The molecule has 0 aliphatic carbocycles. The molecule has 0 aliphatic rings. The minimum atomic E-state index is -1.22. The highest BCUT2D eigenvalue weighted by Crippen LogP contribution is 1.88. The van der Waals surface area contributed by atoms with E-state index in [4.69, 9.17) is 20.4 Å². The molecule has 0 saturated carbocycles. The highest BCUT2D eigenvalue weighted by atomic mass is 35.5. The summed E-state index contributed by atoms with van der Waals surface area (Å²) in [4.78, 5) is 0. The molecule has 4 nitrogen and oxygen atoms in total. The minimum absolute atomic E-state index is 0. The molecule has 0 radical (unpaired) electrons. The van der Waals surface area contributed by atoms with Crippen molar-refractivity contribution in [1.29, 1.82) is 0 Å². The second-order valence-corrected chi connectivity index (χ2v) is 1.50. The van der Waals surface area contributed by atoms with Gasteiger partial charge in [0, 0.05) is 0 Å². The molecule has 0 aliphatic heterocycles. The first-order valence-electron chi connectivity index (χ1n) is 2.30. The molecule has 4 N–H and O–H groups in total. The zero-order chi connectivity index (χ0) is 6.57. The lowest BCUT2D eigenvalue weighted by molar-refractivity contribution is -0.0388. The van der Waals surface area contributed by atoms with Crippen LogP contribution in [0.25, 0.3) is 0 Å². The van der Waals surface area contributed by atoms with Crippen molar-refractivity contribution < 1.29 is 20.4 Å². The van der Waals surface area contributed by atoms with Gasteiger partial charge in [-0.15, -0.1) is 12.4 Å². The molecule has 0 heterocycles. The Hall–Kier alpha value is 0.130. The summed E-state index contributed by atoms with van der Waals surface area (Å²) in [7, 11) is 0. The van der Waals surface area contributed by atoms with Crippen LogP contribution in [0.5, 0.6) is 0 Å². The molecular weight excluding hydrogens is 147 g/mol. The van der Waals surface area contributed by atoms with Crippen LogP contribution >= 0.6 is 12.4 Å². The SMILES string of the molecule is Cl.OCC(O)C(O)CO. The molecule has 0 aromatic heterocycles. The Kier molecular flexibility index (Phi) is 8.25. The van der Waals surface area contributed by atoms with E-state index in [1.807, 2.05) is 0 Å². The monoisotopic (exact) mass is 158 g/mol. The van der Waals surface area contributed by atoms with Gasteiger partial charge in [0.2, 0.25) is 0 Å². The molecule has 58 valence electrons. The predicted molar refractivity (Wildman–Crippen MR) is 33.4 cm³/mol. The number of halogens is 1. The Morgan fingerprint density at radius 3 is 1.22 bits per heavy atom. The van der Waals surface area contributed by atoms with Crippen LogP contribution in [0.4, 0.5) is 0 Å². The standard InChI is InChI=1S/C4H10O4.ClH/c5-1-3(7)4(8)2-6;/h3-8H,1-2H2;1H. The van der Waals surface area contributed by atoms with Crippen molar-refractivity contribution in [2.24, 2.45) is 0 Å². The van der Waals surface area contributed by atoms with Crippen LogP contribution < -0.4 is 0 Å². The van der Waals surface area contributed by atoms with E-state index >= 15 is 0 Å². The molecule has 5 heteroatoms. The van der Waals surface area contributed by atoms with Crippen molar-refractivity contribution in [3.05, 3.63) is 0 Å². The summed E-state index contributed by atoms with van der Waals surface area (Å²) in [6, 6.07) is 0. The largest absolute Gasteiger partial charge is 0.394 e. The van der Waals surface area contributed by atoms with Gasteiger partial charge in [-0.05, 0) is 0 Å². The quantitative estimate of drug-likeness (QED) is 0.388. The van der Waals surface area contributed by atoms with Gasteiger partial charge in [0.1, 0.15) is 12.2 Å². The summed E-state index contributed by atoms with van der Waals surface area (Å²) >= 11 is 0. The van der Waals surface area contributed by atoms with Crippen LogP contribution in [0.15, 0.2) is 0 Å². The van der Waals surface area contributed by atoms with Gasteiger partial charge in [-0.2, -0.15) is 0 Å². The van der Waals surface area contributed by atoms with E-state index in [0.29, 0.717) is 0 Å². The summed E-state index contributed by atoms with van der Waals surface area (Å²) in [6.45, 7) is -1.05. The molecule has 0 amide bonds. The maximum Gasteiger partial charge on any atom is 0.105 e. The van der Waals surface area contributed by atoms with E-state index in [1.165, 1.54) is 0 Å². The molecule has 2 atom stereocenters. The fraction of sp³-hybridized carbons (Fsp3) is 1.00. The second-order valence-electron chi connectivity index (χ2n) is 1.50. The third-order valence-corrected chi connectivity index (χ3v) is 0.818. The van der Waals surface area contributed by atoms with Crippen molar-refractivity contribution in [3.8, 4) is 0 Å². The molecular formula is C4H11ClO4. The molecule has 0 bridgehead atoms. The number of rotatable bonds is 3. The zero-order valence-electron chi connectivity index (χ0n) is 4.77. The van der Waals surface area contributed by atoms with E-state index < -0.39 is 25.4 Å². The Morgan fingerprint density at radius 2 is 1.11 bits per heavy atom. The first-order chi connectivity index (χ1) is 3.72. The van der Waals surface area contributed by atoms with Gasteiger partial charge >= 0.3 is 0 Å². The lowest BCUT2D eigenvalue weighted by Crippen LogP contribution is -2.31. The summed E-state index contributed by atoms with van der Waals surface area (Å²) in [6.07, 6.45) is -2.44. The van der Waals surface area contributed by atoms with Gasteiger partial charge in [0.25, 0.3) is 0 Å². The van der Waals surface area contributed by atoms with Gasteiger partial charge in [0.05, 0.1) is 13.2 Å². The third kappa shape index (κ3) is 4.62. The van der Waals surface area contributed by atoms with Crippen LogP contribution in [0.1, 0.15) is 0 Å². The van der Waals surface area contributed by atoms with Crippen LogP contribution in [-0.4, -0.2) is 45.8 Å². The van der Waals surface area contributed by atoms with Crippen LogP contribution in [0.3, 0.4) is 0 Å². The van der Waals surface area contributed by atoms with Crippen LogP contribution in [-0.2, 0) is 0 Å². The maximum absolute atomic E-state index is 8.47. The molecule has 0 aromatic rings. The highest BCUT2D eigenvalue weighted by molar-refractivity contribution is 5.85. The molecule has 0 aromatic carbocycles. The zero-order valence-corrected chi connectivity index (χ0v) is 5.58. The van der Waals surface area contributed by atoms with Crippen molar-refractivity contribution in [2.45, 2.75) is 12.2 Å². The fourth-order valence-electron chi connectivity index (χ4n) is 0.243. The van der Waals surface area contributed by atoms with Crippen molar-refractivity contribution in [2.75, 3.05) is 13.2 Å². The van der Waals surface area contributed by atoms with Gasteiger partial charge in [-0.25, -0.2) is 0 Å². The number of aliphatic hydroxyl groups excluding tert-OH is 4. The van der Waals surface area contributed by atoms with E-state index in [-0.39, 0.29) is 12.4 Å². The van der Waals surface area contributed by atoms with Crippen LogP contribution in [0, 0.1) is 0 Å². The molecule has 2 unspecified atom stereocenters. The average molecular weight is 159 g/mol. The highest BCUT2D eigenvalue weighted by Gasteiger charge is 2.12. The third-order valence-electron chi connectivity index (χ3n) is 0.818. The second kappa shape index (κ2) is 6.25. The maximum atomic E-state index is 8.47. The fourth-order valence-corrected chi connectivity index (χ4v) is 0.243. The van der Waals surface area contributed by atoms with Crippen molar-refractivity contribution in [3.63, 3.8) is 0 Å². The molecule has 9 heavy (non-hydrogen) atoms. The Bertz CT molecular complexity index is 52.5. The topological polar surface area (TPSA) is 80.9 Å². The molecule has 0 spiro atoms. The minimum Gasteiger partial charge on any atom is -0.394 e. The van der Waals surface area contributed by atoms with Crippen molar-refractivity contribution >= 4 is 12.4 Å². The predicted octanol–water partition coefficient (Wildman–Crippen LogP) is -1.89. The van der Waals surface area contributed by atoms with E-state index in [2.05, 4.69) is 0 Å². The lowest BCUT2D eigenvalue weighted by atomic mass is 10.2. The summed E-state index contributed by atoms with van der Waals surface area (Å²) in [5, 5.41) is 33.2. The Morgan fingerprint density at radius 1 is 0.889 bits per heavy atom. The number of hydrogen-bond acceptors (Lipinski definition) is 4. The first kappa shape index (κ1) is 11.9. The molecule has 0 saturated heterocycles. The van der Waals surface area contributed by atoms with E-state index in [9.17, 15) is 0 Å². The number of hydrogen-bond donors (Lipinski definition) is 4. The number of aliphatic hydroxyl groups is 4. The van der Waals surface area contributed by atoms with Gasteiger partial charge in [-0.1, -0.05) is 0 Å². The summed E-state index contributed by atoms with van der Waals surface area (Å²) in [5.74, 6) is 0. The average Bonchev–Trinajstić information content (AvgIpc) is 1.84. The van der Waals surface area contributed by atoms with Gasteiger partial charge in [0.15, 0.2) is 0 Å². The normalized spacial score (nSPS) is 16.0. The molecule has 0 rings (SSSR count). The summed E-state index contributed by atoms with van der Waals surface area (Å²) in [5.41, 5.74) is 0. The molecule has 0 fully saturated rings. The lowest BCUT2D eigenvalue weighted by Gasteiger charge is -2.10. The van der Waals surface area contributed by atoms with Gasteiger partial charge < -0.3 is 20.4 Å². The van der Waals surface area contributed by atoms with Crippen LogP contribution in [0.2, 0.25) is 0 Å². The summed E-state index contributed by atoms with van der Waals surface area (Å²) < 4.78 is 0. The first-order valence-corrected chi connectivity index (χ1v) is 2.30. The van der Waals surface area contributed by atoms with E-state index in [0.717, 1.165) is 0 Å².